The van der Waals surface area contributed by atoms with Crippen LogP contribution in [0.25, 0.3) is 0 Å². The molecule has 118 valence electrons. The van der Waals surface area contributed by atoms with Crippen molar-refractivity contribution >= 4 is 34.2 Å². The second-order valence-electron chi connectivity index (χ2n) is 5.42. The Bertz CT molecular complexity index is 539. The number of nitrogens with two attached hydrogens (primary N) is 1. The van der Waals surface area contributed by atoms with Gasteiger partial charge in [-0.2, -0.15) is 0 Å². The maximum atomic E-state index is 12.4. The van der Waals surface area contributed by atoms with Gasteiger partial charge in [-0.3, -0.25) is 4.79 Å². The molecule has 5 nitrogen and oxygen atoms in total. The van der Waals surface area contributed by atoms with Gasteiger partial charge in [-0.05, 0) is 40.9 Å². The zero-order valence-corrected chi connectivity index (χ0v) is 14.6. The average Bonchev–Trinajstić information content (AvgIpc) is 2.87. The van der Waals surface area contributed by atoms with Crippen LogP contribution in [0.2, 0.25) is 0 Å². The van der Waals surface area contributed by atoms with E-state index in [1.807, 2.05) is 20.8 Å². The standard InChI is InChI=1S/C14H19BrN2O3.ClH/c1-8(2)14(3,6-16)17-13(18)9-4-10(15)12-11(5-9)19-7-20-12;/h4-5,8H,6-7,16H2,1-3H3,(H,17,18);1H. The predicted octanol–water partition coefficient (Wildman–Crippen LogP) is 2.70. The van der Waals surface area contributed by atoms with Crippen LogP contribution in [0, 0.1) is 5.92 Å². The van der Waals surface area contributed by atoms with E-state index in [0.717, 1.165) is 0 Å². The number of carbonyl (C=O) groups excluding carboxylic acids is 1. The van der Waals surface area contributed by atoms with Crippen molar-refractivity contribution in [1.82, 2.24) is 5.32 Å². The number of amides is 1. The SMILES string of the molecule is CC(C)C(C)(CN)NC(=O)c1cc(Br)c2c(c1)OCO2.Cl. The number of hydrogen-bond acceptors (Lipinski definition) is 4. The van der Waals surface area contributed by atoms with Crippen molar-refractivity contribution in [2.45, 2.75) is 26.3 Å². The van der Waals surface area contributed by atoms with Crippen LogP contribution >= 0.6 is 28.3 Å². The van der Waals surface area contributed by atoms with Gasteiger partial charge < -0.3 is 20.5 Å². The first-order chi connectivity index (χ1) is 9.37. The van der Waals surface area contributed by atoms with Crippen molar-refractivity contribution in [2.75, 3.05) is 13.3 Å². The Balaban J connectivity index is 0.00000220. The molecule has 3 N–H and O–H groups in total. The molecule has 0 bridgehead atoms. The van der Waals surface area contributed by atoms with Crippen LogP contribution in [0.5, 0.6) is 11.5 Å². The van der Waals surface area contributed by atoms with Crippen LogP contribution in [0.15, 0.2) is 16.6 Å². The van der Waals surface area contributed by atoms with Crippen LogP contribution in [-0.2, 0) is 0 Å². The summed E-state index contributed by atoms with van der Waals surface area (Å²) in [5.41, 5.74) is 5.86. The highest BCUT2D eigenvalue weighted by Gasteiger charge is 2.30. The lowest BCUT2D eigenvalue weighted by Gasteiger charge is -2.33. The quantitative estimate of drug-likeness (QED) is 0.843. The van der Waals surface area contributed by atoms with Crippen LogP contribution < -0.4 is 20.5 Å². The largest absolute Gasteiger partial charge is 0.454 e. The van der Waals surface area contributed by atoms with Crippen molar-refractivity contribution in [3.8, 4) is 11.5 Å². The van der Waals surface area contributed by atoms with Gasteiger partial charge in [0.2, 0.25) is 6.79 Å². The van der Waals surface area contributed by atoms with Crippen molar-refractivity contribution in [2.24, 2.45) is 11.7 Å². The zero-order chi connectivity index (χ0) is 14.9. The molecule has 0 saturated carbocycles. The van der Waals surface area contributed by atoms with Crippen LogP contribution in [0.1, 0.15) is 31.1 Å². The van der Waals surface area contributed by atoms with Crippen LogP contribution in [-0.4, -0.2) is 24.8 Å². The topological polar surface area (TPSA) is 73.6 Å². The number of ether oxygens (including phenoxy) is 2. The van der Waals surface area contributed by atoms with E-state index in [2.05, 4.69) is 21.2 Å². The lowest BCUT2D eigenvalue weighted by atomic mass is 9.88. The van der Waals surface area contributed by atoms with Gasteiger partial charge in [-0.1, -0.05) is 13.8 Å². The van der Waals surface area contributed by atoms with E-state index < -0.39 is 5.54 Å². The van der Waals surface area contributed by atoms with Gasteiger partial charge in [0.25, 0.3) is 5.91 Å². The highest BCUT2D eigenvalue weighted by atomic mass is 79.9. The van der Waals surface area contributed by atoms with Gasteiger partial charge in [-0.15, -0.1) is 12.4 Å². The monoisotopic (exact) mass is 378 g/mol. The van der Waals surface area contributed by atoms with Gasteiger partial charge in [0.15, 0.2) is 11.5 Å². The third-order valence-corrected chi connectivity index (χ3v) is 4.38. The third-order valence-electron chi connectivity index (χ3n) is 3.79. The molecule has 1 aromatic carbocycles. The summed E-state index contributed by atoms with van der Waals surface area (Å²) in [6, 6.07) is 3.40. The Morgan fingerprint density at radius 2 is 2.14 bits per heavy atom. The molecule has 0 spiro atoms. The minimum atomic E-state index is -0.445. The molecule has 21 heavy (non-hydrogen) atoms. The summed E-state index contributed by atoms with van der Waals surface area (Å²) in [5.74, 6) is 1.26. The summed E-state index contributed by atoms with van der Waals surface area (Å²) in [7, 11) is 0. The van der Waals surface area contributed by atoms with Gasteiger partial charge >= 0.3 is 0 Å². The number of hydrogen-bond donors (Lipinski definition) is 2. The maximum absolute atomic E-state index is 12.4. The Morgan fingerprint density at radius 1 is 1.48 bits per heavy atom. The van der Waals surface area contributed by atoms with Crippen LogP contribution in [0.3, 0.4) is 0 Å². The molecule has 1 aliphatic heterocycles. The molecule has 2 rings (SSSR count). The minimum Gasteiger partial charge on any atom is -0.454 e. The fourth-order valence-corrected chi connectivity index (χ4v) is 2.42. The summed E-state index contributed by atoms with van der Waals surface area (Å²) >= 11 is 3.38. The Labute approximate surface area is 139 Å². The average molecular weight is 380 g/mol. The smallest absolute Gasteiger partial charge is 0.251 e. The van der Waals surface area contributed by atoms with E-state index in [0.29, 0.717) is 28.1 Å². The van der Waals surface area contributed by atoms with E-state index >= 15 is 0 Å². The fraction of sp³-hybridized carbons (Fsp3) is 0.500. The molecule has 0 aliphatic carbocycles. The number of rotatable bonds is 4. The highest BCUT2D eigenvalue weighted by Crippen LogP contribution is 2.40. The Hall–Kier alpha value is -0.980. The summed E-state index contributed by atoms with van der Waals surface area (Å²) in [6.07, 6.45) is 0. The molecule has 1 aliphatic rings. The molecule has 1 unspecified atom stereocenters. The van der Waals surface area contributed by atoms with E-state index in [4.69, 9.17) is 15.2 Å². The van der Waals surface area contributed by atoms with E-state index in [1.54, 1.807) is 12.1 Å². The molecule has 0 radical (unpaired) electrons. The summed E-state index contributed by atoms with van der Waals surface area (Å²) in [6.45, 7) is 6.55. The summed E-state index contributed by atoms with van der Waals surface area (Å²) < 4.78 is 11.3. The van der Waals surface area contributed by atoms with Gasteiger partial charge in [-0.25, -0.2) is 0 Å². The number of carbonyl (C=O) groups is 1. The zero-order valence-electron chi connectivity index (χ0n) is 12.2. The number of halogens is 2. The molecule has 1 aromatic rings. The molecular formula is C14H20BrClN2O3. The van der Waals surface area contributed by atoms with Crippen molar-refractivity contribution in [1.29, 1.82) is 0 Å². The molecule has 1 atom stereocenters. The van der Waals surface area contributed by atoms with Crippen molar-refractivity contribution in [3.63, 3.8) is 0 Å². The first-order valence-corrected chi connectivity index (χ1v) is 7.28. The number of benzene rings is 1. The first-order valence-electron chi connectivity index (χ1n) is 6.49. The third kappa shape index (κ3) is 3.62. The van der Waals surface area contributed by atoms with Gasteiger partial charge in [0.1, 0.15) is 0 Å². The van der Waals surface area contributed by atoms with Crippen LogP contribution in [0.4, 0.5) is 0 Å². The molecule has 0 saturated heterocycles. The molecule has 0 aromatic heterocycles. The lowest BCUT2D eigenvalue weighted by molar-refractivity contribution is 0.0882. The normalized spacial score (nSPS) is 15.3. The second kappa shape index (κ2) is 6.85. The summed E-state index contributed by atoms with van der Waals surface area (Å²) in [5, 5.41) is 3.00. The summed E-state index contributed by atoms with van der Waals surface area (Å²) in [4.78, 5) is 12.4. The van der Waals surface area contributed by atoms with E-state index in [1.165, 1.54) is 0 Å². The first kappa shape index (κ1) is 18.1. The lowest BCUT2D eigenvalue weighted by Crippen LogP contribution is -2.55. The number of fused-ring (bicyclic) bond motifs is 1. The molecule has 7 heteroatoms. The Kier molecular flexibility index (Phi) is 5.90. The Morgan fingerprint density at radius 3 is 2.71 bits per heavy atom. The number of nitrogens with one attached hydrogen (secondary N) is 1. The molecule has 1 heterocycles. The van der Waals surface area contributed by atoms with E-state index in [-0.39, 0.29) is 31.0 Å². The predicted molar refractivity (Wildman–Crippen MR) is 87.3 cm³/mol. The molecule has 1 amide bonds. The van der Waals surface area contributed by atoms with Gasteiger partial charge in [0.05, 0.1) is 10.0 Å². The van der Waals surface area contributed by atoms with Crippen molar-refractivity contribution < 1.29 is 14.3 Å². The maximum Gasteiger partial charge on any atom is 0.251 e. The molecule has 0 fully saturated rings. The highest BCUT2D eigenvalue weighted by molar-refractivity contribution is 9.10. The second-order valence-corrected chi connectivity index (χ2v) is 6.28. The van der Waals surface area contributed by atoms with Crippen molar-refractivity contribution in [3.05, 3.63) is 22.2 Å². The minimum absolute atomic E-state index is 0. The molecular weight excluding hydrogens is 360 g/mol. The van der Waals surface area contributed by atoms with Gasteiger partial charge in [0, 0.05) is 12.1 Å². The van der Waals surface area contributed by atoms with E-state index in [9.17, 15) is 4.79 Å². The fourth-order valence-electron chi connectivity index (χ4n) is 1.86.